The molecule has 0 bridgehead atoms. The zero-order valence-electron chi connectivity index (χ0n) is 15.8. The first-order chi connectivity index (χ1) is 14.9. The molecule has 3 N–H and O–H groups in total. The predicted molar refractivity (Wildman–Crippen MR) is 114 cm³/mol. The molecular weight excluding hydrogens is 380 g/mol. The monoisotopic (exact) mass is 398 g/mol. The lowest BCUT2D eigenvalue weighted by atomic mass is 10.2. The minimum Gasteiger partial charge on any atom is -0.288 e. The lowest BCUT2D eigenvalue weighted by Gasteiger charge is -2.05. The lowest BCUT2D eigenvalue weighted by Crippen LogP contribution is -2.25. The standard InChI is InChI=1S/C20H18N10/c1-3-7-15(8-4-1)17-13-23-29-19(25-17)27-21-11-12-22-28-20-26-18(14-24-30-20)16-9-5-2-6-10-16/h1-11,13-14,22H,12H2,(H,25,27,29)(H,26,28,30)/b21-11+. The molecule has 30 heavy (non-hydrogen) atoms. The van der Waals surface area contributed by atoms with Crippen LogP contribution < -0.4 is 16.3 Å². The van der Waals surface area contributed by atoms with Crippen molar-refractivity contribution in [2.75, 3.05) is 17.4 Å². The van der Waals surface area contributed by atoms with E-state index in [0.29, 0.717) is 24.1 Å². The van der Waals surface area contributed by atoms with Crippen molar-refractivity contribution in [1.82, 2.24) is 35.8 Å². The highest BCUT2D eigenvalue weighted by Gasteiger charge is 2.03. The number of anilines is 2. The van der Waals surface area contributed by atoms with Crippen LogP contribution in [0.15, 0.2) is 78.2 Å². The van der Waals surface area contributed by atoms with E-state index in [0.717, 1.165) is 16.8 Å². The van der Waals surface area contributed by atoms with Crippen molar-refractivity contribution in [3.05, 3.63) is 73.1 Å². The Balaban J connectivity index is 1.27. The molecule has 148 valence electrons. The Kier molecular flexibility index (Phi) is 6.19. The van der Waals surface area contributed by atoms with E-state index >= 15 is 0 Å². The normalized spacial score (nSPS) is 10.8. The van der Waals surface area contributed by atoms with E-state index in [1.165, 1.54) is 0 Å². The van der Waals surface area contributed by atoms with Crippen molar-refractivity contribution in [2.45, 2.75) is 0 Å². The molecule has 0 radical (unpaired) electrons. The number of hydrazone groups is 1. The van der Waals surface area contributed by atoms with Gasteiger partial charge in [-0.25, -0.2) is 20.8 Å². The topological polar surface area (TPSA) is 126 Å². The second-order valence-corrected chi connectivity index (χ2v) is 5.99. The predicted octanol–water partition coefficient (Wildman–Crippen LogP) is 2.40. The number of benzene rings is 2. The van der Waals surface area contributed by atoms with E-state index in [4.69, 9.17) is 0 Å². The number of hydrogen-bond donors (Lipinski definition) is 3. The Morgan fingerprint density at radius 2 is 1.30 bits per heavy atom. The van der Waals surface area contributed by atoms with E-state index in [2.05, 4.69) is 51.7 Å². The van der Waals surface area contributed by atoms with Crippen LogP contribution in [-0.2, 0) is 0 Å². The fourth-order valence-corrected chi connectivity index (χ4v) is 2.53. The van der Waals surface area contributed by atoms with Gasteiger partial charge in [0.1, 0.15) is 0 Å². The molecule has 10 heteroatoms. The molecule has 2 aromatic carbocycles. The van der Waals surface area contributed by atoms with Gasteiger partial charge in [0.15, 0.2) is 0 Å². The lowest BCUT2D eigenvalue weighted by molar-refractivity contribution is 0.865. The smallest absolute Gasteiger partial charge is 0.263 e. The third-order valence-electron chi connectivity index (χ3n) is 3.91. The summed E-state index contributed by atoms with van der Waals surface area (Å²) < 4.78 is 0. The summed E-state index contributed by atoms with van der Waals surface area (Å²) in [4.78, 5) is 8.80. The van der Waals surface area contributed by atoms with Crippen molar-refractivity contribution in [1.29, 1.82) is 0 Å². The van der Waals surface area contributed by atoms with E-state index in [9.17, 15) is 0 Å². The number of nitrogens with zero attached hydrogens (tertiary/aromatic N) is 7. The quantitative estimate of drug-likeness (QED) is 0.233. The van der Waals surface area contributed by atoms with Crippen molar-refractivity contribution < 1.29 is 0 Å². The SMILES string of the molecule is C(/CNNc1nncc(-c2ccccc2)n1)=N\Nc1nncc(-c2ccccc2)n1. The van der Waals surface area contributed by atoms with Crippen LogP contribution >= 0.6 is 0 Å². The van der Waals surface area contributed by atoms with Crippen LogP contribution in [0.4, 0.5) is 11.9 Å². The number of hydrazine groups is 1. The van der Waals surface area contributed by atoms with Crippen molar-refractivity contribution in [3.63, 3.8) is 0 Å². The summed E-state index contributed by atoms with van der Waals surface area (Å²) in [7, 11) is 0. The van der Waals surface area contributed by atoms with Gasteiger partial charge in [-0.1, -0.05) is 60.7 Å². The molecular formula is C20H18N10. The summed E-state index contributed by atoms with van der Waals surface area (Å²) >= 11 is 0. The molecule has 0 spiro atoms. The minimum absolute atomic E-state index is 0.309. The molecule has 4 rings (SSSR count). The number of hydrogen-bond acceptors (Lipinski definition) is 10. The first kappa shape index (κ1) is 19.0. The summed E-state index contributed by atoms with van der Waals surface area (Å²) in [6.07, 6.45) is 4.83. The van der Waals surface area contributed by atoms with E-state index in [-0.39, 0.29) is 0 Å². The summed E-state index contributed by atoms with van der Waals surface area (Å²) in [5, 5.41) is 19.9. The summed E-state index contributed by atoms with van der Waals surface area (Å²) in [5.74, 6) is 0.671. The second-order valence-electron chi connectivity index (χ2n) is 5.99. The molecule has 0 aliphatic carbocycles. The molecule has 0 unspecified atom stereocenters. The van der Waals surface area contributed by atoms with E-state index in [1.807, 2.05) is 60.7 Å². The van der Waals surface area contributed by atoms with Crippen molar-refractivity contribution in [2.24, 2.45) is 5.10 Å². The third-order valence-corrected chi connectivity index (χ3v) is 3.91. The number of rotatable bonds is 8. The van der Waals surface area contributed by atoms with Crippen LogP contribution in [0.1, 0.15) is 0 Å². The highest BCUT2D eigenvalue weighted by Crippen LogP contribution is 2.16. The molecule has 10 nitrogen and oxygen atoms in total. The van der Waals surface area contributed by atoms with E-state index < -0.39 is 0 Å². The number of nitrogens with one attached hydrogen (secondary N) is 3. The average Bonchev–Trinajstić information content (AvgIpc) is 2.83. The Morgan fingerprint density at radius 1 is 0.733 bits per heavy atom. The van der Waals surface area contributed by atoms with Gasteiger partial charge in [0.25, 0.3) is 11.9 Å². The molecule has 0 fully saturated rings. The van der Waals surface area contributed by atoms with Gasteiger partial charge >= 0.3 is 0 Å². The summed E-state index contributed by atoms with van der Waals surface area (Å²) in [6.45, 7) is 0.401. The van der Waals surface area contributed by atoms with E-state index in [1.54, 1.807) is 18.6 Å². The first-order valence-electron chi connectivity index (χ1n) is 9.15. The third kappa shape index (κ3) is 5.14. The van der Waals surface area contributed by atoms with Gasteiger partial charge in [0.05, 0.1) is 30.3 Å². The van der Waals surface area contributed by atoms with Crippen molar-refractivity contribution >= 4 is 18.1 Å². The zero-order chi connectivity index (χ0) is 20.4. The van der Waals surface area contributed by atoms with Gasteiger partial charge in [0.2, 0.25) is 0 Å². The van der Waals surface area contributed by atoms with Crippen LogP contribution in [0.5, 0.6) is 0 Å². The molecule has 0 amide bonds. The number of aromatic nitrogens is 6. The van der Waals surface area contributed by atoms with Crippen molar-refractivity contribution in [3.8, 4) is 22.5 Å². The molecule has 0 saturated heterocycles. The second kappa shape index (κ2) is 9.75. The largest absolute Gasteiger partial charge is 0.288 e. The van der Waals surface area contributed by atoms with Crippen LogP contribution in [0.2, 0.25) is 0 Å². The van der Waals surface area contributed by atoms with Gasteiger partial charge in [0, 0.05) is 17.3 Å². The van der Waals surface area contributed by atoms with Crippen LogP contribution in [-0.4, -0.2) is 43.1 Å². The maximum absolute atomic E-state index is 4.41. The van der Waals surface area contributed by atoms with Gasteiger partial charge in [-0.3, -0.25) is 5.43 Å². The van der Waals surface area contributed by atoms with Gasteiger partial charge in [-0.05, 0) is 0 Å². The average molecular weight is 398 g/mol. The molecule has 4 aromatic rings. The zero-order valence-corrected chi connectivity index (χ0v) is 15.8. The molecule has 2 aromatic heterocycles. The molecule has 2 heterocycles. The molecule has 0 atom stereocenters. The fraction of sp³-hybridized carbons (Fsp3) is 0.0500. The summed E-state index contributed by atoms with van der Waals surface area (Å²) in [5.41, 5.74) is 12.0. The first-order valence-corrected chi connectivity index (χ1v) is 9.15. The van der Waals surface area contributed by atoms with Crippen LogP contribution in [0, 0.1) is 0 Å². The maximum Gasteiger partial charge on any atom is 0.263 e. The highest BCUT2D eigenvalue weighted by molar-refractivity contribution is 5.62. The highest BCUT2D eigenvalue weighted by atomic mass is 15.4. The Morgan fingerprint density at radius 3 is 1.93 bits per heavy atom. The minimum atomic E-state index is 0.309. The maximum atomic E-state index is 4.41. The van der Waals surface area contributed by atoms with Gasteiger partial charge < -0.3 is 0 Å². The van der Waals surface area contributed by atoms with Crippen LogP contribution in [0.25, 0.3) is 22.5 Å². The Labute approximate surface area is 172 Å². The van der Waals surface area contributed by atoms with Gasteiger partial charge in [-0.2, -0.15) is 15.3 Å². The molecule has 0 saturated carbocycles. The Bertz CT molecular complexity index is 1100. The fourth-order valence-electron chi connectivity index (χ4n) is 2.53. The Hall–Kier alpha value is -4.31. The molecule has 0 aliphatic heterocycles. The van der Waals surface area contributed by atoms with Gasteiger partial charge in [-0.15, -0.1) is 10.2 Å². The van der Waals surface area contributed by atoms with Crippen LogP contribution in [0.3, 0.4) is 0 Å². The molecule has 0 aliphatic rings. The summed E-state index contributed by atoms with van der Waals surface area (Å²) in [6, 6.07) is 19.5.